The lowest BCUT2D eigenvalue weighted by molar-refractivity contribution is 0.417. The molecule has 0 saturated heterocycles. The van der Waals surface area contributed by atoms with Crippen LogP contribution in [0.15, 0.2) is 60.8 Å². The highest BCUT2D eigenvalue weighted by molar-refractivity contribution is 5.62. The fraction of sp³-hybridized carbons (Fsp3) is 0.167. The molecule has 0 aliphatic rings. The van der Waals surface area contributed by atoms with Crippen molar-refractivity contribution in [1.82, 2.24) is 15.2 Å². The van der Waals surface area contributed by atoms with Crippen molar-refractivity contribution in [3.8, 4) is 5.75 Å². The Balaban J connectivity index is 1.74. The van der Waals surface area contributed by atoms with E-state index in [1.807, 2.05) is 42.5 Å². The highest BCUT2D eigenvalue weighted by Gasteiger charge is 2.08. The Morgan fingerprint density at radius 1 is 1.00 bits per heavy atom. The van der Waals surface area contributed by atoms with Gasteiger partial charge in [0.2, 0.25) is 5.95 Å². The Hall–Kier alpha value is -3.15. The van der Waals surface area contributed by atoms with Crippen molar-refractivity contribution in [3.05, 3.63) is 66.4 Å². The number of methoxy groups -OCH3 is 1. The summed E-state index contributed by atoms with van der Waals surface area (Å²) in [6, 6.07) is 17.9. The van der Waals surface area contributed by atoms with Crippen LogP contribution in [0.25, 0.3) is 0 Å². The summed E-state index contributed by atoms with van der Waals surface area (Å²) in [6.07, 6.45) is 1.60. The number of hydrogen-bond donors (Lipinski definition) is 2. The zero-order chi connectivity index (χ0) is 16.8. The summed E-state index contributed by atoms with van der Waals surface area (Å²) in [5.74, 6) is 1.78. The van der Waals surface area contributed by atoms with E-state index in [9.17, 15) is 0 Å². The van der Waals surface area contributed by atoms with Gasteiger partial charge in [-0.05, 0) is 24.6 Å². The molecule has 3 aromatic rings. The van der Waals surface area contributed by atoms with Gasteiger partial charge in [-0.25, -0.2) is 0 Å². The predicted molar refractivity (Wildman–Crippen MR) is 94.6 cm³/mol. The van der Waals surface area contributed by atoms with E-state index < -0.39 is 0 Å². The average molecular weight is 321 g/mol. The lowest BCUT2D eigenvalue weighted by Gasteiger charge is -2.15. The molecule has 0 amide bonds. The first-order valence-corrected chi connectivity index (χ1v) is 7.67. The quantitative estimate of drug-likeness (QED) is 0.719. The second kappa shape index (κ2) is 7.41. The van der Waals surface area contributed by atoms with E-state index in [0.717, 1.165) is 11.4 Å². The first-order valence-electron chi connectivity index (χ1n) is 7.67. The summed E-state index contributed by atoms with van der Waals surface area (Å²) < 4.78 is 5.32. The summed E-state index contributed by atoms with van der Waals surface area (Å²) >= 11 is 0. The van der Waals surface area contributed by atoms with Crippen LogP contribution in [0.2, 0.25) is 0 Å². The number of ether oxygens (including phenoxy) is 1. The predicted octanol–water partition coefficient (Wildman–Crippen LogP) is 3.80. The third-order valence-corrected chi connectivity index (χ3v) is 3.58. The van der Waals surface area contributed by atoms with Crippen LogP contribution in [0.3, 0.4) is 0 Å². The minimum Gasteiger partial charge on any atom is -0.495 e. The van der Waals surface area contributed by atoms with Crippen LogP contribution in [0.4, 0.5) is 17.5 Å². The molecule has 0 aliphatic heterocycles. The minimum atomic E-state index is 0.113. The minimum absolute atomic E-state index is 0.113. The van der Waals surface area contributed by atoms with Crippen molar-refractivity contribution >= 4 is 17.5 Å². The summed E-state index contributed by atoms with van der Waals surface area (Å²) in [6.45, 7) is 2.07. The summed E-state index contributed by atoms with van der Waals surface area (Å²) in [4.78, 5) is 4.46. The number of aromatic nitrogens is 3. The van der Waals surface area contributed by atoms with Crippen LogP contribution < -0.4 is 15.4 Å². The second-order valence-corrected chi connectivity index (χ2v) is 5.27. The topological polar surface area (TPSA) is 72.0 Å². The number of rotatable bonds is 6. The summed E-state index contributed by atoms with van der Waals surface area (Å²) in [7, 11) is 1.62. The maximum absolute atomic E-state index is 5.32. The highest BCUT2D eigenvalue weighted by atomic mass is 16.5. The number of hydrogen-bond acceptors (Lipinski definition) is 6. The van der Waals surface area contributed by atoms with E-state index in [-0.39, 0.29) is 6.04 Å². The van der Waals surface area contributed by atoms with Crippen molar-refractivity contribution in [3.63, 3.8) is 0 Å². The molecule has 1 aromatic heterocycles. The standard InChI is InChI=1S/C18H19N5O/c1-13(14-8-4-3-5-9-14)20-17-12-19-23-18(22-17)21-15-10-6-7-11-16(15)24-2/h3-13H,1-2H3,(H2,20,21,22,23). The van der Waals surface area contributed by atoms with Crippen molar-refractivity contribution in [2.24, 2.45) is 0 Å². The Morgan fingerprint density at radius 3 is 2.54 bits per heavy atom. The maximum Gasteiger partial charge on any atom is 0.249 e. The number of para-hydroxylation sites is 2. The molecule has 0 bridgehead atoms. The van der Waals surface area contributed by atoms with Crippen LogP contribution >= 0.6 is 0 Å². The fourth-order valence-electron chi connectivity index (χ4n) is 2.34. The van der Waals surface area contributed by atoms with Crippen molar-refractivity contribution < 1.29 is 4.74 Å². The van der Waals surface area contributed by atoms with Gasteiger partial charge < -0.3 is 15.4 Å². The number of nitrogens with zero attached hydrogens (tertiary/aromatic N) is 3. The molecule has 0 saturated carbocycles. The smallest absolute Gasteiger partial charge is 0.249 e. The van der Waals surface area contributed by atoms with Crippen LogP contribution in [0.5, 0.6) is 5.75 Å². The highest BCUT2D eigenvalue weighted by Crippen LogP contribution is 2.26. The number of benzene rings is 2. The second-order valence-electron chi connectivity index (χ2n) is 5.27. The monoisotopic (exact) mass is 321 g/mol. The molecule has 1 unspecified atom stereocenters. The van der Waals surface area contributed by atoms with Crippen LogP contribution in [0.1, 0.15) is 18.5 Å². The molecule has 6 nitrogen and oxygen atoms in total. The first kappa shape index (κ1) is 15.7. The zero-order valence-electron chi connectivity index (χ0n) is 13.6. The molecule has 1 heterocycles. The third-order valence-electron chi connectivity index (χ3n) is 3.58. The first-order chi connectivity index (χ1) is 11.8. The Bertz CT molecular complexity index is 794. The van der Waals surface area contributed by atoms with E-state index in [1.165, 1.54) is 5.56 Å². The van der Waals surface area contributed by atoms with Gasteiger partial charge in [0.1, 0.15) is 5.75 Å². The molecule has 24 heavy (non-hydrogen) atoms. The molecule has 0 fully saturated rings. The summed E-state index contributed by atoms with van der Waals surface area (Å²) in [5.41, 5.74) is 1.96. The normalized spacial score (nSPS) is 11.6. The average Bonchev–Trinajstić information content (AvgIpc) is 2.63. The van der Waals surface area contributed by atoms with Crippen LogP contribution in [0, 0.1) is 0 Å². The molecule has 0 radical (unpaired) electrons. The molecule has 0 aliphatic carbocycles. The van der Waals surface area contributed by atoms with Crippen molar-refractivity contribution in [1.29, 1.82) is 0 Å². The molecule has 6 heteroatoms. The van der Waals surface area contributed by atoms with Crippen LogP contribution in [-0.4, -0.2) is 22.3 Å². The van der Waals surface area contributed by atoms with Gasteiger partial charge >= 0.3 is 0 Å². The van der Waals surface area contributed by atoms with Gasteiger partial charge in [-0.2, -0.15) is 10.1 Å². The fourth-order valence-corrected chi connectivity index (χ4v) is 2.34. The van der Waals surface area contributed by atoms with E-state index in [0.29, 0.717) is 11.8 Å². The largest absolute Gasteiger partial charge is 0.495 e. The molecule has 0 spiro atoms. The van der Waals surface area contributed by atoms with Crippen molar-refractivity contribution in [2.45, 2.75) is 13.0 Å². The molecular weight excluding hydrogens is 302 g/mol. The van der Waals surface area contributed by atoms with E-state index in [1.54, 1.807) is 13.3 Å². The maximum atomic E-state index is 5.32. The molecule has 2 N–H and O–H groups in total. The molecular formula is C18H19N5O. The molecule has 2 aromatic carbocycles. The molecule has 3 rings (SSSR count). The van der Waals surface area contributed by atoms with Gasteiger partial charge in [0.15, 0.2) is 5.82 Å². The van der Waals surface area contributed by atoms with Crippen molar-refractivity contribution in [2.75, 3.05) is 17.7 Å². The number of nitrogens with one attached hydrogen (secondary N) is 2. The third kappa shape index (κ3) is 3.78. The van der Waals surface area contributed by atoms with E-state index >= 15 is 0 Å². The molecule has 1 atom stereocenters. The van der Waals surface area contributed by atoms with Gasteiger partial charge in [0, 0.05) is 6.04 Å². The molecule has 122 valence electrons. The van der Waals surface area contributed by atoms with E-state index in [4.69, 9.17) is 4.74 Å². The van der Waals surface area contributed by atoms with Gasteiger partial charge in [0.05, 0.1) is 19.0 Å². The Labute approximate surface area is 140 Å². The van der Waals surface area contributed by atoms with Gasteiger partial charge in [-0.1, -0.05) is 42.5 Å². The Kier molecular flexibility index (Phi) is 4.86. The summed E-state index contributed by atoms with van der Waals surface area (Å²) in [5, 5.41) is 14.5. The van der Waals surface area contributed by atoms with Crippen LogP contribution in [-0.2, 0) is 0 Å². The van der Waals surface area contributed by atoms with Gasteiger partial charge in [-0.3, -0.25) is 0 Å². The zero-order valence-corrected chi connectivity index (χ0v) is 13.6. The number of anilines is 3. The lowest BCUT2D eigenvalue weighted by Crippen LogP contribution is -2.10. The van der Waals surface area contributed by atoms with E-state index in [2.05, 4.69) is 44.9 Å². The van der Waals surface area contributed by atoms with Gasteiger partial charge in [-0.15, -0.1) is 5.10 Å². The van der Waals surface area contributed by atoms with Gasteiger partial charge in [0.25, 0.3) is 0 Å². The Morgan fingerprint density at radius 2 is 1.75 bits per heavy atom. The SMILES string of the molecule is COc1ccccc1Nc1nncc(NC(C)c2ccccc2)n1. The lowest BCUT2D eigenvalue weighted by atomic mass is 10.1.